The lowest BCUT2D eigenvalue weighted by Gasteiger charge is -2.27. The van der Waals surface area contributed by atoms with Crippen molar-refractivity contribution in [1.29, 1.82) is 0 Å². The zero-order valence-corrected chi connectivity index (χ0v) is 13.0. The van der Waals surface area contributed by atoms with E-state index in [9.17, 15) is 0 Å². The summed E-state index contributed by atoms with van der Waals surface area (Å²) in [4.78, 5) is 0. The van der Waals surface area contributed by atoms with E-state index in [0.29, 0.717) is 6.04 Å². The first-order valence-electron chi connectivity index (χ1n) is 8.12. The van der Waals surface area contributed by atoms with E-state index in [-0.39, 0.29) is 0 Å². The lowest BCUT2D eigenvalue weighted by atomic mass is 9.85. The third kappa shape index (κ3) is 3.03. The van der Waals surface area contributed by atoms with Crippen LogP contribution < -0.4 is 5.32 Å². The summed E-state index contributed by atoms with van der Waals surface area (Å²) in [7, 11) is 2.10. The fourth-order valence-electron chi connectivity index (χ4n) is 3.81. The summed E-state index contributed by atoms with van der Waals surface area (Å²) in [5.74, 6) is 1.61. The van der Waals surface area contributed by atoms with Crippen molar-refractivity contribution in [2.24, 2.45) is 11.8 Å². The summed E-state index contributed by atoms with van der Waals surface area (Å²) in [6, 6.07) is 20.2. The van der Waals surface area contributed by atoms with Gasteiger partial charge in [-0.15, -0.1) is 0 Å². The van der Waals surface area contributed by atoms with E-state index in [1.54, 1.807) is 0 Å². The van der Waals surface area contributed by atoms with E-state index in [1.807, 2.05) is 0 Å². The first kappa shape index (κ1) is 14.3. The Kier molecular flexibility index (Phi) is 4.40. The Morgan fingerprint density at radius 1 is 0.905 bits per heavy atom. The zero-order chi connectivity index (χ0) is 14.7. The van der Waals surface area contributed by atoms with Gasteiger partial charge in [0.25, 0.3) is 0 Å². The maximum absolute atomic E-state index is 3.55. The molecule has 0 spiro atoms. The molecule has 3 unspecified atom stereocenters. The van der Waals surface area contributed by atoms with Crippen molar-refractivity contribution in [1.82, 2.24) is 5.32 Å². The summed E-state index contributed by atoms with van der Waals surface area (Å²) in [5, 5.41) is 3.55. The van der Waals surface area contributed by atoms with Crippen molar-refractivity contribution < 1.29 is 0 Å². The van der Waals surface area contributed by atoms with Gasteiger partial charge in [0.1, 0.15) is 0 Å². The summed E-state index contributed by atoms with van der Waals surface area (Å²) >= 11 is 0. The van der Waals surface area contributed by atoms with Crippen molar-refractivity contribution in [2.75, 3.05) is 7.05 Å². The van der Waals surface area contributed by atoms with Gasteiger partial charge >= 0.3 is 0 Å². The lowest BCUT2D eigenvalue weighted by molar-refractivity contribution is 0.315. The summed E-state index contributed by atoms with van der Waals surface area (Å²) in [5.41, 5.74) is 4.02. The molecule has 1 saturated carbocycles. The molecular weight excluding hydrogens is 254 g/mol. The molecule has 0 aromatic heterocycles. The van der Waals surface area contributed by atoms with Gasteiger partial charge in [-0.25, -0.2) is 0 Å². The first-order valence-corrected chi connectivity index (χ1v) is 8.12. The van der Waals surface area contributed by atoms with Gasteiger partial charge in [0, 0.05) is 6.04 Å². The topological polar surface area (TPSA) is 12.0 Å². The molecular formula is C20H25N. The van der Waals surface area contributed by atoms with Crippen LogP contribution in [0.25, 0.3) is 11.1 Å². The Morgan fingerprint density at radius 3 is 2.14 bits per heavy atom. The second-order valence-corrected chi connectivity index (χ2v) is 6.33. The number of benzene rings is 2. The standard InChI is InChI=1S/C20H25N/c1-15-7-6-10-19(15)20(21-2)18-13-11-17(12-14-18)16-8-4-3-5-9-16/h3-5,8-9,11-15,19-21H,6-7,10H2,1-2H3. The van der Waals surface area contributed by atoms with Crippen LogP contribution in [0.3, 0.4) is 0 Å². The number of nitrogens with one attached hydrogen (secondary N) is 1. The van der Waals surface area contributed by atoms with E-state index < -0.39 is 0 Å². The Labute approximate surface area is 128 Å². The minimum Gasteiger partial charge on any atom is -0.313 e. The van der Waals surface area contributed by atoms with Crippen molar-refractivity contribution in [3.8, 4) is 11.1 Å². The monoisotopic (exact) mass is 279 g/mol. The number of rotatable bonds is 4. The highest BCUT2D eigenvalue weighted by molar-refractivity contribution is 5.63. The van der Waals surface area contributed by atoms with Crippen LogP contribution in [0.1, 0.15) is 37.8 Å². The minimum absolute atomic E-state index is 0.493. The average Bonchev–Trinajstić information content (AvgIpc) is 2.96. The van der Waals surface area contributed by atoms with Crippen LogP contribution in [0.2, 0.25) is 0 Å². The summed E-state index contributed by atoms with van der Waals surface area (Å²) in [6.07, 6.45) is 4.12. The molecule has 1 heteroatoms. The highest BCUT2D eigenvalue weighted by Crippen LogP contribution is 2.40. The van der Waals surface area contributed by atoms with E-state index in [4.69, 9.17) is 0 Å². The Bertz CT molecular complexity index is 558. The molecule has 0 bridgehead atoms. The third-order valence-corrected chi connectivity index (χ3v) is 5.04. The fraction of sp³-hybridized carbons (Fsp3) is 0.400. The second kappa shape index (κ2) is 6.44. The van der Waals surface area contributed by atoms with Crippen LogP contribution in [-0.2, 0) is 0 Å². The molecule has 0 aliphatic heterocycles. The van der Waals surface area contributed by atoms with Gasteiger partial charge in [-0.1, -0.05) is 74.4 Å². The molecule has 110 valence electrons. The Hall–Kier alpha value is -1.60. The van der Waals surface area contributed by atoms with Crippen LogP contribution in [0, 0.1) is 11.8 Å². The molecule has 1 aliphatic carbocycles. The molecule has 0 saturated heterocycles. The molecule has 1 aliphatic rings. The van der Waals surface area contributed by atoms with E-state index in [0.717, 1.165) is 11.8 Å². The van der Waals surface area contributed by atoms with Crippen LogP contribution in [-0.4, -0.2) is 7.05 Å². The van der Waals surface area contributed by atoms with Crippen molar-refractivity contribution in [3.05, 3.63) is 60.2 Å². The normalized spacial score (nSPS) is 23.1. The molecule has 0 radical (unpaired) electrons. The van der Waals surface area contributed by atoms with Crippen molar-refractivity contribution in [3.63, 3.8) is 0 Å². The third-order valence-electron chi connectivity index (χ3n) is 5.04. The van der Waals surface area contributed by atoms with Gasteiger partial charge in [-0.3, -0.25) is 0 Å². The van der Waals surface area contributed by atoms with E-state index >= 15 is 0 Å². The summed E-state index contributed by atoms with van der Waals surface area (Å²) in [6.45, 7) is 2.40. The quantitative estimate of drug-likeness (QED) is 0.825. The predicted molar refractivity (Wildman–Crippen MR) is 90.2 cm³/mol. The maximum Gasteiger partial charge on any atom is 0.0348 e. The van der Waals surface area contributed by atoms with Gasteiger partial charge < -0.3 is 5.32 Å². The molecule has 0 heterocycles. The highest BCUT2D eigenvalue weighted by Gasteiger charge is 2.30. The van der Waals surface area contributed by atoms with Crippen LogP contribution in [0.4, 0.5) is 0 Å². The molecule has 3 atom stereocenters. The van der Waals surface area contributed by atoms with Crippen LogP contribution in [0.5, 0.6) is 0 Å². The maximum atomic E-state index is 3.55. The molecule has 21 heavy (non-hydrogen) atoms. The molecule has 2 aromatic carbocycles. The van der Waals surface area contributed by atoms with Crippen molar-refractivity contribution in [2.45, 2.75) is 32.2 Å². The van der Waals surface area contributed by atoms with Gasteiger partial charge in [0.2, 0.25) is 0 Å². The smallest absolute Gasteiger partial charge is 0.0348 e. The molecule has 1 N–H and O–H groups in total. The Balaban J connectivity index is 1.82. The molecule has 0 amide bonds. The van der Waals surface area contributed by atoms with Gasteiger partial charge in [0.05, 0.1) is 0 Å². The SMILES string of the molecule is CNC(c1ccc(-c2ccccc2)cc1)C1CCCC1C. The fourth-order valence-corrected chi connectivity index (χ4v) is 3.81. The van der Waals surface area contributed by atoms with Gasteiger partial charge in [-0.05, 0) is 42.0 Å². The minimum atomic E-state index is 0.493. The van der Waals surface area contributed by atoms with Crippen LogP contribution in [0.15, 0.2) is 54.6 Å². The zero-order valence-electron chi connectivity index (χ0n) is 13.0. The number of hydrogen-bond donors (Lipinski definition) is 1. The predicted octanol–water partition coefficient (Wildman–Crippen LogP) is 5.05. The highest BCUT2D eigenvalue weighted by atomic mass is 14.9. The van der Waals surface area contributed by atoms with Gasteiger partial charge in [0.15, 0.2) is 0 Å². The van der Waals surface area contributed by atoms with Crippen molar-refractivity contribution >= 4 is 0 Å². The Morgan fingerprint density at radius 2 is 1.57 bits per heavy atom. The molecule has 1 fully saturated rings. The largest absolute Gasteiger partial charge is 0.313 e. The summed E-state index contributed by atoms with van der Waals surface area (Å²) < 4.78 is 0. The first-order chi connectivity index (χ1) is 10.3. The van der Waals surface area contributed by atoms with E-state index in [1.165, 1.54) is 36.0 Å². The molecule has 2 aromatic rings. The van der Waals surface area contributed by atoms with E-state index in [2.05, 4.69) is 73.9 Å². The average molecular weight is 279 g/mol. The number of hydrogen-bond acceptors (Lipinski definition) is 1. The molecule has 1 nitrogen and oxygen atoms in total. The molecule has 3 rings (SSSR count). The lowest BCUT2D eigenvalue weighted by Crippen LogP contribution is -2.26. The second-order valence-electron chi connectivity index (χ2n) is 6.33. The van der Waals surface area contributed by atoms with Gasteiger partial charge in [-0.2, -0.15) is 0 Å². The van der Waals surface area contributed by atoms with Crippen LogP contribution >= 0.6 is 0 Å².